The second-order valence-electron chi connectivity index (χ2n) is 5.81. The average molecular weight is 393 g/mol. The van der Waals surface area contributed by atoms with Crippen molar-refractivity contribution in [2.24, 2.45) is 0 Å². The molecule has 0 fully saturated rings. The Morgan fingerprint density at radius 1 is 1.14 bits per heavy atom. The van der Waals surface area contributed by atoms with E-state index < -0.39 is 0 Å². The summed E-state index contributed by atoms with van der Waals surface area (Å²) in [5.74, 6) is 0.436. The molecule has 0 unspecified atom stereocenters. The molecule has 0 bridgehead atoms. The first-order valence-electron chi connectivity index (χ1n) is 8.37. The van der Waals surface area contributed by atoms with Crippen LogP contribution in [0.15, 0.2) is 54.2 Å². The molecule has 4 aromatic heterocycles. The second kappa shape index (κ2) is 8.07. The van der Waals surface area contributed by atoms with E-state index in [1.54, 1.807) is 12.3 Å². The van der Waals surface area contributed by atoms with E-state index in [2.05, 4.69) is 25.3 Å². The van der Waals surface area contributed by atoms with Gasteiger partial charge in [-0.2, -0.15) is 0 Å². The van der Waals surface area contributed by atoms with Gasteiger partial charge in [-0.05, 0) is 35.2 Å². The number of pyridine rings is 2. The first-order valence-corrected chi connectivity index (χ1v) is 9.25. The van der Waals surface area contributed by atoms with Crippen LogP contribution >= 0.6 is 11.3 Å². The van der Waals surface area contributed by atoms with Gasteiger partial charge in [-0.3, -0.25) is 9.78 Å². The highest BCUT2D eigenvalue weighted by atomic mass is 32.1. The lowest BCUT2D eigenvalue weighted by Crippen LogP contribution is -2.19. The van der Waals surface area contributed by atoms with E-state index >= 15 is 0 Å². The van der Waals surface area contributed by atoms with Crippen molar-refractivity contribution in [3.8, 4) is 17.4 Å². The van der Waals surface area contributed by atoms with Crippen LogP contribution in [0.25, 0.3) is 21.7 Å². The molecule has 1 amide bonds. The molecule has 0 saturated carbocycles. The SMILES string of the molecule is O=C(COCc1ccnc(O)c1)Nc1nc(-c2ccccn2)nc2sccc12. The van der Waals surface area contributed by atoms with E-state index in [1.165, 1.54) is 23.6 Å². The van der Waals surface area contributed by atoms with Gasteiger partial charge in [0.2, 0.25) is 5.88 Å². The Hall–Kier alpha value is -3.43. The molecule has 9 heteroatoms. The van der Waals surface area contributed by atoms with Crippen molar-refractivity contribution in [3.63, 3.8) is 0 Å². The fourth-order valence-electron chi connectivity index (χ4n) is 2.54. The predicted molar refractivity (Wildman–Crippen MR) is 105 cm³/mol. The predicted octanol–water partition coefficient (Wildman–Crippen LogP) is 3.01. The molecule has 0 aliphatic heterocycles. The van der Waals surface area contributed by atoms with E-state index in [4.69, 9.17) is 4.74 Å². The molecule has 2 N–H and O–H groups in total. The summed E-state index contributed by atoms with van der Waals surface area (Å²) >= 11 is 1.46. The van der Waals surface area contributed by atoms with Gasteiger partial charge in [-0.1, -0.05) is 6.07 Å². The Kier molecular flexibility index (Phi) is 5.18. The number of aromatic hydroxyl groups is 1. The maximum atomic E-state index is 12.3. The number of carbonyl (C=O) groups excluding carboxylic acids is 1. The molecule has 0 radical (unpaired) electrons. The van der Waals surface area contributed by atoms with Crippen LogP contribution in [-0.2, 0) is 16.1 Å². The van der Waals surface area contributed by atoms with Crippen LogP contribution in [0.1, 0.15) is 5.56 Å². The third-order valence-electron chi connectivity index (χ3n) is 3.79. The maximum Gasteiger partial charge on any atom is 0.251 e. The van der Waals surface area contributed by atoms with Crippen LogP contribution in [0.2, 0.25) is 0 Å². The van der Waals surface area contributed by atoms with Crippen LogP contribution in [0.3, 0.4) is 0 Å². The highest BCUT2D eigenvalue weighted by Gasteiger charge is 2.13. The number of hydrogen-bond donors (Lipinski definition) is 2. The highest BCUT2D eigenvalue weighted by Crippen LogP contribution is 2.27. The molecule has 0 aromatic carbocycles. The lowest BCUT2D eigenvalue weighted by atomic mass is 10.3. The summed E-state index contributed by atoms with van der Waals surface area (Å²) in [5, 5.41) is 14.8. The molecule has 8 nitrogen and oxygen atoms in total. The molecule has 140 valence electrons. The van der Waals surface area contributed by atoms with E-state index in [0.29, 0.717) is 17.3 Å². The van der Waals surface area contributed by atoms with Gasteiger partial charge in [0.25, 0.3) is 5.91 Å². The minimum absolute atomic E-state index is 0.0894. The van der Waals surface area contributed by atoms with Gasteiger partial charge < -0.3 is 15.2 Å². The number of hydrogen-bond acceptors (Lipinski definition) is 8. The summed E-state index contributed by atoms with van der Waals surface area (Å²) in [4.78, 5) is 30.0. The normalized spacial score (nSPS) is 10.9. The van der Waals surface area contributed by atoms with Crippen LogP contribution in [-0.4, -0.2) is 37.6 Å². The van der Waals surface area contributed by atoms with E-state index in [0.717, 1.165) is 15.8 Å². The molecule has 0 spiro atoms. The van der Waals surface area contributed by atoms with E-state index in [9.17, 15) is 9.90 Å². The smallest absolute Gasteiger partial charge is 0.251 e. The Balaban J connectivity index is 1.47. The second-order valence-corrected chi connectivity index (χ2v) is 6.71. The molecule has 28 heavy (non-hydrogen) atoms. The van der Waals surface area contributed by atoms with Gasteiger partial charge in [0, 0.05) is 18.5 Å². The Morgan fingerprint density at radius 3 is 2.89 bits per heavy atom. The zero-order chi connectivity index (χ0) is 19.3. The summed E-state index contributed by atoms with van der Waals surface area (Å²) < 4.78 is 5.41. The summed E-state index contributed by atoms with van der Waals surface area (Å²) in [6.07, 6.45) is 3.14. The molecule has 0 aliphatic rings. The summed E-state index contributed by atoms with van der Waals surface area (Å²) in [5.41, 5.74) is 1.35. The molecular formula is C19H15N5O3S. The topological polar surface area (TPSA) is 110 Å². The Morgan fingerprint density at radius 2 is 2.07 bits per heavy atom. The Bertz CT molecular complexity index is 1120. The van der Waals surface area contributed by atoms with Crippen molar-refractivity contribution in [1.82, 2.24) is 19.9 Å². The standard InChI is InChI=1S/C19H15N5O3S/c25-15-9-12(4-7-21-15)10-27-11-16(26)22-17-13-5-8-28-19(13)24-18(23-17)14-3-1-2-6-20-14/h1-9H,10-11H2,(H,21,25)(H,22,23,24,26). The van der Waals surface area contributed by atoms with Crippen LogP contribution < -0.4 is 5.32 Å². The van der Waals surface area contributed by atoms with Gasteiger partial charge in [-0.25, -0.2) is 15.0 Å². The number of fused-ring (bicyclic) bond motifs is 1. The fourth-order valence-corrected chi connectivity index (χ4v) is 3.30. The van der Waals surface area contributed by atoms with Crippen molar-refractivity contribution in [2.45, 2.75) is 6.61 Å². The van der Waals surface area contributed by atoms with E-state index in [-0.39, 0.29) is 25.0 Å². The number of thiophene rings is 1. The van der Waals surface area contributed by atoms with Gasteiger partial charge in [0.1, 0.15) is 22.9 Å². The van der Waals surface area contributed by atoms with Crippen molar-refractivity contribution in [2.75, 3.05) is 11.9 Å². The first kappa shape index (κ1) is 18.0. The Labute approximate surface area is 163 Å². The lowest BCUT2D eigenvalue weighted by molar-refractivity contribution is -0.121. The fraction of sp³-hybridized carbons (Fsp3) is 0.105. The third kappa shape index (κ3) is 4.11. The minimum atomic E-state index is -0.337. The number of carbonyl (C=O) groups is 1. The van der Waals surface area contributed by atoms with Crippen LogP contribution in [0.4, 0.5) is 5.82 Å². The number of rotatable bonds is 6. The third-order valence-corrected chi connectivity index (χ3v) is 4.60. The summed E-state index contributed by atoms with van der Waals surface area (Å²) in [6, 6.07) is 10.5. The molecule has 0 atom stereocenters. The number of nitrogens with one attached hydrogen (secondary N) is 1. The molecule has 4 rings (SSSR count). The quantitative estimate of drug-likeness (QED) is 0.518. The summed E-state index contributed by atoms with van der Waals surface area (Å²) in [7, 11) is 0. The molecule has 0 aliphatic carbocycles. The van der Waals surface area contributed by atoms with Crippen molar-refractivity contribution >= 4 is 33.3 Å². The monoisotopic (exact) mass is 393 g/mol. The van der Waals surface area contributed by atoms with Crippen molar-refractivity contribution in [3.05, 3.63) is 59.7 Å². The van der Waals surface area contributed by atoms with Gasteiger partial charge in [0.05, 0.1) is 12.0 Å². The van der Waals surface area contributed by atoms with E-state index in [1.807, 2.05) is 29.6 Å². The van der Waals surface area contributed by atoms with Crippen LogP contribution in [0.5, 0.6) is 5.88 Å². The summed E-state index contributed by atoms with van der Waals surface area (Å²) in [6.45, 7) is 0.0258. The number of aromatic nitrogens is 4. The van der Waals surface area contributed by atoms with Gasteiger partial charge >= 0.3 is 0 Å². The first-order chi connectivity index (χ1) is 13.7. The van der Waals surface area contributed by atoms with Crippen LogP contribution in [0, 0.1) is 0 Å². The zero-order valence-corrected chi connectivity index (χ0v) is 15.4. The molecule has 4 heterocycles. The molecule has 4 aromatic rings. The number of amides is 1. The highest BCUT2D eigenvalue weighted by molar-refractivity contribution is 7.16. The number of nitrogens with zero attached hydrogens (tertiary/aromatic N) is 4. The largest absolute Gasteiger partial charge is 0.493 e. The zero-order valence-electron chi connectivity index (χ0n) is 14.6. The average Bonchev–Trinajstić information content (AvgIpc) is 3.18. The van der Waals surface area contributed by atoms with Crippen molar-refractivity contribution < 1.29 is 14.6 Å². The molecule has 0 saturated heterocycles. The maximum absolute atomic E-state index is 12.3. The number of ether oxygens (including phenoxy) is 1. The lowest BCUT2D eigenvalue weighted by Gasteiger charge is -2.08. The molecular weight excluding hydrogens is 378 g/mol. The van der Waals surface area contributed by atoms with Gasteiger partial charge in [-0.15, -0.1) is 11.3 Å². The number of anilines is 1. The minimum Gasteiger partial charge on any atom is -0.493 e. The van der Waals surface area contributed by atoms with Gasteiger partial charge in [0.15, 0.2) is 5.82 Å². The van der Waals surface area contributed by atoms with Crippen molar-refractivity contribution in [1.29, 1.82) is 0 Å².